The Hall–Kier alpha value is -2.21. The lowest BCUT2D eigenvalue weighted by Crippen LogP contribution is -2.62. The number of hydrogen-bond donors (Lipinski definition) is 0. The molecule has 142 valence electrons. The number of carbonyl (C=O) groups is 3. The topological polar surface area (TPSA) is 57.7 Å². The molecule has 2 fully saturated rings. The van der Waals surface area contributed by atoms with Crippen LogP contribution in [0.2, 0.25) is 5.02 Å². The molecule has 0 radical (unpaired) electrons. The van der Waals surface area contributed by atoms with E-state index in [1.165, 1.54) is 17.0 Å². The lowest BCUT2D eigenvalue weighted by atomic mass is 9.85. The van der Waals surface area contributed by atoms with E-state index < -0.39 is 5.82 Å². The first-order valence-electron chi connectivity index (χ1n) is 9.19. The van der Waals surface area contributed by atoms with Gasteiger partial charge in [-0.2, -0.15) is 0 Å². The number of fused-ring (bicyclic) bond motifs is 1. The zero-order chi connectivity index (χ0) is 19.1. The molecule has 0 spiro atoms. The van der Waals surface area contributed by atoms with Crippen molar-refractivity contribution in [2.75, 3.05) is 13.1 Å². The molecule has 4 rings (SSSR count). The van der Waals surface area contributed by atoms with Crippen LogP contribution >= 0.6 is 11.6 Å². The summed E-state index contributed by atoms with van der Waals surface area (Å²) in [5.41, 5.74) is 0.799. The number of benzene rings is 1. The molecule has 7 heteroatoms. The van der Waals surface area contributed by atoms with E-state index in [0.29, 0.717) is 32.4 Å². The third kappa shape index (κ3) is 3.27. The van der Waals surface area contributed by atoms with Crippen molar-refractivity contribution in [3.8, 4) is 0 Å². The summed E-state index contributed by atoms with van der Waals surface area (Å²) in [6.07, 6.45) is 5.94. The molecular formula is C20H20ClFN2O3. The summed E-state index contributed by atoms with van der Waals surface area (Å²) in [4.78, 5) is 40.5. The molecule has 0 saturated carbocycles. The molecule has 0 aromatic heterocycles. The predicted molar refractivity (Wildman–Crippen MR) is 97.3 cm³/mol. The van der Waals surface area contributed by atoms with Crippen LogP contribution in [0.5, 0.6) is 0 Å². The number of rotatable bonds is 4. The number of halogens is 2. The van der Waals surface area contributed by atoms with Gasteiger partial charge in [0, 0.05) is 19.5 Å². The molecule has 5 nitrogen and oxygen atoms in total. The summed E-state index contributed by atoms with van der Waals surface area (Å²) in [6, 6.07) is 4.23. The number of hydrogen-bond acceptors (Lipinski definition) is 3. The van der Waals surface area contributed by atoms with Crippen LogP contribution in [0.1, 0.15) is 24.8 Å². The van der Waals surface area contributed by atoms with Gasteiger partial charge in [-0.25, -0.2) is 4.39 Å². The van der Waals surface area contributed by atoms with Crippen molar-refractivity contribution in [2.45, 2.75) is 31.7 Å². The largest absolute Gasteiger partial charge is 0.338 e. The van der Waals surface area contributed by atoms with E-state index in [9.17, 15) is 18.8 Å². The first-order valence-corrected chi connectivity index (χ1v) is 9.57. The molecule has 2 aliphatic heterocycles. The number of nitrogens with zero attached hydrogens (tertiary/aromatic N) is 2. The van der Waals surface area contributed by atoms with Crippen LogP contribution in [-0.4, -0.2) is 46.7 Å². The Balaban J connectivity index is 1.30. The van der Waals surface area contributed by atoms with E-state index in [0.717, 1.165) is 5.56 Å². The molecular weight excluding hydrogens is 371 g/mol. The second-order valence-electron chi connectivity index (χ2n) is 7.40. The summed E-state index contributed by atoms with van der Waals surface area (Å²) in [5.74, 6) is -1.15. The monoisotopic (exact) mass is 390 g/mol. The quantitative estimate of drug-likeness (QED) is 0.586. The van der Waals surface area contributed by atoms with E-state index in [1.54, 1.807) is 11.0 Å². The number of amides is 3. The van der Waals surface area contributed by atoms with E-state index in [4.69, 9.17) is 11.6 Å². The van der Waals surface area contributed by atoms with Gasteiger partial charge in [0.1, 0.15) is 5.82 Å². The number of allylic oxidation sites excluding steroid dienone is 2. The summed E-state index contributed by atoms with van der Waals surface area (Å²) in [6.45, 7) is 0.792. The third-order valence-corrected chi connectivity index (χ3v) is 6.02. The second-order valence-corrected chi connectivity index (χ2v) is 7.81. The highest BCUT2D eigenvalue weighted by Gasteiger charge is 2.52. The SMILES string of the molecule is O=C(CCc1ccc(F)c(Cl)c1)N1CC(N2C(=O)C3CC=CCC3C2=O)C1. The Morgan fingerprint density at radius 2 is 1.74 bits per heavy atom. The van der Waals surface area contributed by atoms with Crippen molar-refractivity contribution >= 4 is 29.3 Å². The minimum Gasteiger partial charge on any atom is -0.338 e. The van der Waals surface area contributed by atoms with Gasteiger partial charge in [0.2, 0.25) is 17.7 Å². The smallest absolute Gasteiger partial charge is 0.233 e. The van der Waals surface area contributed by atoms with Crippen LogP contribution in [0.15, 0.2) is 30.4 Å². The van der Waals surface area contributed by atoms with Gasteiger partial charge in [0.05, 0.1) is 22.9 Å². The fourth-order valence-corrected chi connectivity index (χ4v) is 4.32. The van der Waals surface area contributed by atoms with E-state index in [2.05, 4.69) is 0 Å². The second kappa shape index (κ2) is 7.08. The molecule has 3 aliphatic rings. The summed E-state index contributed by atoms with van der Waals surface area (Å²) >= 11 is 5.76. The van der Waals surface area contributed by atoms with Crippen LogP contribution in [0.25, 0.3) is 0 Å². The Morgan fingerprint density at radius 3 is 2.33 bits per heavy atom. The first-order chi connectivity index (χ1) is 13.0. The normalized spacial score (nSPS) is 25.0. The molecule has 1 aliphatic carbocycles. The van der Waals surface area contributed by atoms with Crippen molar-refractivity contribution < 1.29 is 18.8 Å². The van der Waals surface area contributed by atoms with E-state index in [1.807, 2.05) is 12.2 Å². The average Bonchev–Trinajstić information content (AvgIpc) is 2.87. The molecule has 0 N–H and O–H groups in total. The van der Waals surface area contributed by atoms with Crippen molar-refractivity contribution in [3.63, 3.8) is 0 Å². The maximum absolute atomic E-state index is 13.2. The fourth-order valence-electron chi connectivity index (χ4n) is 4.11. The van der Waals surface area contributed by atoms with Crippen molar-refractivity contribution in [1.29, 1.82) is 0 Å². The van der Waals surface area contributed by atoms with Gasteiger partial charge in [0.15, 0.2) is 0 Å². The van der Waals surface area contributed by atoms with Gasteiger partial charge in [0.25, 0.3) is 0 Å². The highest BCUT2D eigenvalue weighted by Crippen LogP contribution is 2.37. The molecule has 2 saturated heterocycles. The van der Waals surface area contributed by atoms with Gasteiger partial charge in [-0.15, -0.1) is 0 Å². The Labute approximate surface area is 161 Å². The number of carbonyl (C=O) groups excluding carboxylic acids is 3. The van der Waals surface area contributed by atoms with Crippen LogP contribution in [0.4, 0.5) is 4.39 Å². The minimum atomic E-state index is -0.479. The number of aryl methyl sites for hydroxylation is 1. The van der Waals surface area contributed by atoms with Gasteiger partial charge < -0.3 is 4.90 Å². The number of likely N-dealkylation sites (tertiary alicyclic amines) is 2. The molecule has 2 heterocycles. The molecule has 2 unspecified atom stereocenters. The molecule has 1 aromatic carbocycles. The zero-order valence-electron chi connectivity index (χ0n) is 14.7. The third-order valence-electron chi connectivity index (χ3n) is 5.73. The van der Waals surface area contributed by atoms with Crippen molar-refractivity contribution in [3.05, 3.63) is 46.8 Å². The Bertz CT molecular complexity index is 809. The van der Waals surface area contributed by atoms with Gasteiger partial charge >= 0.3 is 0 Å². The summed E-state index contributed by atoms with van der Waals surface area (Å²) in [7, 11) is 0. The highest BCUT2D eigenvalue weighted by molar-refractivity contribution is 6.30. The van der Waals surface area contributed by atoms with Gasteiger partial charge in [-0.3, -0.25) is 19.3 Å². The fraction of sp³-hybridized carbons (Fsp3) is 0.450. The molecule has 2 atom stereocenters. The van der Waals surface area contributed by atoms with Crippen LogP contribution in [-0.2, 0) is 20.8 Å². The predicted octanol–water partition coefficient (Wildman–Crippen LogP) is 2.57. The molecule has 3 amide bonds. The van der Waals surface area contributed by atoms with E-state index in [-0.39, 0.29) is 47.0 Å². The average molecular weight is 391 g/mol. The van der Waals surface area contributed by atoms with Crippen LogP contribution in [0.3, 0.4) is 0 Å². The summed E-state index contributed by atoms with van der Waals surface area (Å²) in [5, 5.41) is 0.0472. The lowest BCUT2D eigenvalue weighted by Gasteiger charge is -2.43. The Kier molecular flexibility index (Phi) is 4.76. The highest BCUT2D eigenvalue weighted by atomic mass is 35.5. The molecule has 1 aromatic rings. The maximum Gasteiger partial charge on any atom is 0.233 e. The van der Waals surface area contributed by atoms with Crippen LogP contribution < -0.4 is 0 Å². The van der Waals surface area contributed by atoms with Crippen molar-refractivity contribution in [2.24, 2.45) is 11.8 Å². The van der Waals surface area contributed by atoms with Gasteiger partial charge in [-0.1, -0.05) is 29.8 Å². The van der Waals surface area contributed by atoms with E-state index >= 15 is 0 Å². The zero-order valence-corrected chi connectivity index (χ0v) is 15.5. The number of imide groups is 1. The van der Waals surface area contributed by atoms with Gasteiger partial charge in [-0.05, 0) is 37.0 Å². The minimum absolute atomic E-state index is 0.0372. The standard InChI is InChI=1S/C20H20ClFN2O3/c21-16-9-12(5-7-17(16)22)6-8-18(25)23-10-13(11-23)24-19(26)14-3-1-2-4-15(14)20(24)27/h1-2,5,7,9,13-15H,3-4,6,8,10-11H2. The van der Waals surface area contributed by atoms with Crippen molar-refractivity contribution in [1.82, 2.24) is 9.80 Å². The first kappa shape index (κ1) is 18.2. The molecule has 27 heavy (non-hydrogen) atoms. The van der Waals surface area contributed by atoms with Crippen LogP contribution in [0, 0.1) is 17.7 Å². The lowest BCUT2D eigenvalue weighted by molar-refractivity contribution is -0.152. The Morgan fingerprint density at radius 1 is 1.11 bits per heavy atom. The molecule has 0 bridgehead atoms. The maximum atomic E-state index is 13.2. The summed E-state index contributed by atoms with van der Waals surface area (Å²) < 4.78 is 13.2.